The van der Waals surface area contributed by atoms with Crippen molar-refractivity contribution < 1.29 is 40.7 Å². The molecule has 0 saturated heterocycles. The fraction of sp³-hybridized carbons (Fsp3) is 0.667. The van der Waals surface area contributed by atoms with E-state index in [4.69, 9.17) is 0 Å². The highest BCUT2D eigenvalue weighted by atomic mass is 28.3. The van der Waals surface area contributed by atoms with Gasteiger partial charge in [-0.15, -0.1) is 5.54 Å². The third-order valence-electron chi connectivity index (χ3n) is 1.94. The topological polar surface area (TPSA) is 46.6 Å². The van der Waals surface area contributed by atoms with E-state index in [1.165, 1.54) is 0 Å². The maximum absolute atomic E-state index is 12.2. The molecule has 0 aliphatic rings. The van der Waals surface area contributed by atoms with E-state index in [1.807, 2.05) is 19.6 Å². The first kappa shape index (κ1) is 21.3. The van der Waals surface area contributed by atoms with E-state index in [1.54, 1.807) is 0 Å². The molecule has 1 amide bonds. The van der Waals surface area contributed by atoms with Crippen LogP contribution in [0.4, 0.5) is 26.3 Å². The number of carbonyl (C=O) groups excluding carboxylic acids is 2. The molecule has 0 aromatic rings. The van der Waals surface area contributed by atoms with Gasteiger partial charge < -0.3 is 9.64 Å². The van der Waals surface area contributed by atoms with Crippen molar-refractivity contribution in [1.29, 1.82) is 0 Å². The van der Waals surface area contributed by atoms with Crippen molar-refractivity contribution >= 4 is 20.0 Å². The first-order valence-electron chi connectivity index (χ1n) is 6.20. The standard InChI is InChI=1S/C12H15F6NO3Si/c1-23(2,3)6-4-5-22-10(21)9(20)19(7-11(13,14)15)8-12(16,17)18/h5,7-8H2,1-3H3. The van der Waals surface area contributed by atoms with Gasteiger partial charge in [-0.1, -0.05) is 25.6 Å². The quantitative estimate of drug-likeness (QED) is 0.254. The number of ether oxygens (including phenoxy) is 1. The van der Waals surface area contributed by atoms with E-state index in [2.05, 4.69) is 16.2 Å². The number of alkyl halides is 6. The number of hydrogen-bond donors (Lipinski definition) is 0. The highest BCUT2D eigenvalue weighted by Crippen LogP contribution is 2.22. The van der Waals surface area contributed by atoms with Crippen molar-refractivity contribution in [2.24, 2.45) is 0 Å². The summed E-state index contributed by atoms with van der Waals surface area (Å²) >= 11 is 0. The van der Waals surface area contributed by atoms with E-state index in [-0.39, 0.29) is 0 Å². The normalized spacial score (nSPS) is 12.2. The summed E-state index contributed by atoms with van der Waals surface area (Å²) in [6.07, 6.45) is -10.2. The van der Waals surface area contributed by atoms with E-state index < -0.39 is 56.9 Å². The van der Waals surface area contributed by atoms with Gasteiger partial charge in [-0.2, -0.15) is 26.3 Å². The van der Waals surface area contributed by atoms with E-state index in [0.29, 0.717) is 0 Å². The Morgan fingerprint density at radius 3 is 1.78 bits per heavy atom. The minimum Gasteiger partial charge on any atom is -0.445 e. The summed E-state index contributed by atoms with van der Waals surface area (Å²) in [7, 11) is -1.79. The van der Waals surface area contributed by atoms with Crippen LogP contribution in [-0.2, 0) is 14.3 Å². The Hall–Kier alpha value is -1.70. The monoisotopic (exact) mass is 363 g/mol. The van der Waals surface area contributed by atoms with Crippen molar-refractivity contribution in [1.82, 2.24) is 4.90 Å². The molecular formula is C12H15F6NO3Si. The zero-order chi connectivity index (χ0) is 18.5. The van der Waals surface area contributed by atoms with Crippen molar-refractivity contribution in [2.75, 3.05) is 19.7 Å². The minimum atomic E-state index is -5.08. The van der Waals surface area contributed by atoms with Gasteiger partial charge in [-0.25, -0.2) is 4.79 Å². The van der Waals surface area contributed by atoms with Crippen molar-refractivity contribution in [3.8, 4) is 11.5 Å². The lowest BCUT2D eigenvalue weighted by atomic mass is 10.4. The molecule has 132 valence electrons. The first-order chi connectivity index (χ1) is 10.1. The zero-order valence-electron chi connectivity index (χ0n) is 12.6. The van der Waals surface area contributed by atoms with Crippen LogP contribution in [0.3, 0.4) is 0 Å². The maximum atomic E-state index is 12.2. The fourth-order valence-electron chi connectivity index (χ4n) is 1.23. The maximum Gasteiger partial charge on any atom is 0.406 e. The summed E-state index contributed by atoms with van der Waals surface area (Å²) < 4.78 is 77.6. The van der Waals surface area contributed by atoms with Crippen molar-refractivity contribution in [2.45, 2.75) is 32.0 Å². The van der Waals surface area contributed by atoms with Crippen molar-refractivity contribution in [3.63, 3.8) is 0 Å². The highest BCUT2D eigenvalue weighted by Gasteiger charge is 2.41. The van der Waals surface area contributed by atoms with Gasteiger partial charge in [0.25, 0.3) is 0 Å². The second-order valence-electron chi connectivity index (χ2n) is 5.52. The summed E-state index contributed by atoms with van der Waals surface area (Å²) in [4.78, 5) is 22.0. The van der Waals surface area contributed by atoms with Crippen LogP contribution in [0, 0.1) is 11.5 Å². The number of halogens is 6. The number of carbonyl (C=O) groups is 2. The van der Waals surface area contributed by atoms with Crippen LogP contribution < -0.4 is 0 Å². The number of esters is 1. The lowest BCUT2D eigenvalue weighted by molar-refractivity contribution is -0.191. The molecule has 0 radical (unpaired) electrons. The van der Waals surface area contributed by atoms with E-state index >= 15 is 0 Å². The van der Waals surface area contributed by atoms with Gasteiger partial charge in [0, 0.05) is 0 Å². The van der Waals surface area contributed by atoms with Gasteiger partial charge in [0.05, 0.1) is 0 Å². The Bertz CT molecular complexity index is 482. The molecule has 0 bridgehead atoms. The van der Waals surface area contributed by atoms with Gasteiger partial charge in [-0.3, -0.25) is 4.79 Å². The van der Waals surface area contributed by atoms with Crippen LogP contribution in [0.1, 0.15) is 0 Å². The van der Waals surface area contributed by atoms with Crippen molar-refractivity contribution in [3.05, 3.63) is 0 Å². The SMILES string of the molecule is C[Si](C)(C)C#CCOC(=O)C(=O)N(CC(F)(F)F)CC(F)(F)F. The average molecular weight is 363 g/mol. The predicted octanol–water partition coefficient (Wildman–Crippen LogP) is 2.36. The molecule has 0 atom stereocenters. The van der Waals surface area contributed by atoms with Gasteiger partial charge in [0.15, 0.2) is 6.61 Å². The molecule has 0 aliphatic carbocycles. The van der Waals surface area contributed by atoms with Gasteiger partial charge in [-0.05, 0) is 0 Å². The van der Waals surface area contributed by atoms with E-state index in [9.17, 15) is 35.9 Å². The lowest BCUT2D eigenvalue weighted by Gasteiger charge is -2.23. The third-order valence-corrected chi connectivity index (χ3v) is 2.87. The molecule has 0 unspecified atom stereocenters. The van der Waals surface area contributed by atoms with Crippen LogP contribution >= 0.6 is 0 Å². The van der Waals surface area contributed by atoms with Crippen LogP contribution in [-0.4, -0.2) is 56.9 Å². The molecule has 0 spiro atoms. The second-order valence-corrected chi connectivity index (χ2v) is 10.3. The highest BCUT2D eigenvalue weighted by molar-refractivity contribution is 6.83. The summed E-state index contributed by atoms with van der Waals surface area (Å²) in [6, 6.07) is 0. The number of rotatable bonds is 3. The first-order valence-corrected chi connectivity index (χ1v) is 9.70. The molecule has 0 aromatic heterocycles. The predicted molar refractivity (Wildman–Crippen MR) is 70.8 cm³/mol. The molecule has 0 saturated carbocycles. The molecule has 0 N–H and O–H groups in total. The molecule has 23 heavy (non-hydrogen) atoms. The van der Waals surface area contributed by atoms with Crippen LogP contribution in [0.5, 0.6) is 0 Å². The summed E-state index contributed by atoms with van der Waals surface area (Å²) in [5, 5.41) is 0. The lowest BCUT2D eigenvalue weighted by Crippen LogP contribution is -2.47. The number of amides is 1. The second kappa shape index (κ2) is 7.72. The smallest absolute Gasteiger partial charge is 0.406 e. The average Bonchev–Trinajstić information content (AvgIpc) is 2.27. The number of hydrogen-bond acceptors (Lipinski definition) is 3. The minimum absolute atomic E-state index is 0.583. The van der Waals surface area contributed by atoms with Crippen LogP contribution in [0.2, 0.25) is 19.6 Å². The number of nitrogens with zero attached hydrogens (tertiary/aromatic N) is 1. The Morgan fingerprint density at radius 1 is 1.00 bits per heavy atom. The summed E-state index contributed by atoms with van der Waals surface area (Å²) in [5.41, 5.74) is 2.75. The Labute approximate surface area is 129 Å². The fourth-order valence-corrected chi connectivity index (χ4v) is 1.83. The zero-order valence-corrected chi connectivity index (χ0v) is 13.6. The molecule has 0 heterocycles. The Balaban J connectivity index is 4.86. The van der Waals surface area contributed by atoms with Gasteiger partial charge in [0.2, 0.25) is 0 Å². The molecule has 4 nitrogen and oxygen atoms in total. The molecule has 0 aliphatic heterocycles. The molecular weight excluding hydrogens is 348 g/mol. The Morgan fingerprint density at radius 2 is 1.43 bits per heavy atom. The largest absolute Gasteiger partial charge is 0.445 e. The van der Waals surface area contributed by atoms with Crippen LogP contribution in [0.15, 0.2) is 0 Å². The van der Waals surface area contributed by atoms with Crippen LogP contribution in [0.25, 0.3) is 0 Å². The van der Waals surface area contributed by atoms with Gasteiger partial charge in [0.1, 0.15) is 21.2 Å². The Kier molecular flexibility index (Phi) is 7.14. The molecule has 0 rings (SSSR count). The summed E-state index contributed by atoms with van der Waals surface area (Å²) in [6.45, 7) is 0.590. The third kappa shape index (κ3) is 11.5. The molecule has 0 fully saturated rings. The van der Waals surface area contributed by atoms with E-state index in [0.717, 1.165) is 0 Å². The summed E-state index contributed by atoms with van der Waals surface area (Å²) in [5.74, 6) is -1.44. The van der Waals surface area contributed by atoms with Gasteiger partial charge >= 0.3 is 24.2 Å². The molecule has 0 aromatic carbocycles. The molecule has 11 heteroatoms.